The van der Waals surface area contributed by atoms with E-state index in [1.807, 2.05) is 0 Å². The lowest BCUT2D eigenvalue weighted by atomic mass is 9.89. The molecule has 2 aromatic heterocycles. The fourth-order valence-corrected chi connectivity index (χ4v) is 3.99. The number of nitrogens with one attached hydrogen (secondary N) is 2. The summed E-state index contributed by atoms with van der Waals surface area (Å²) in [6.07, 6.45) is -4.58. The van der Waals surface area contributed by atoms with Crippen molar-refractivity contribution in [3.05, 3.63) is 41.4 Å². The second-order valence-electron chi connectivity index (χ2n) is 8.63. The van der Waals surface area contributed by atoms with Gasteiger partial charge >= 0.3 is 12.3 Å². The van der Waals surface area contributed by atoms with Gasteiger partial charge in [0.05, 0.1) is 13.2 Å². The third kappa shape index (κ3) is 5.45. The van der Waals surface area contributed by atoms with Crippen LogP contribution in [0.1, 0.15) is 54.7 Å². The van der Waals surface area contributed by atoms with Gasteiger partial charge in [-0.2, -0.15) is 13.2 Å². The monoisotopic (exact) mass is 521 g/mol. The number of halogens is 3. The quantitative estimate of drug-likeness (QED) is 0.425. The van der Waals surface area contributed by atoms with Crippen molar-refractivity contribution in [2.45, 2.75) is 51.1 Å². The Morgan fingerprint density at radius 3 is 2.57 bits per heavy atom. The van der Waals surface area contributed by atoms with Gasteiger partial charge in [-0.15, -0.1) is 0 Å². The van der Waals surface area contributed by atoms with Gasteiger partial charge in [-0.25, -0.2) is 14.8 Å². The van der Waals surface area contributed by atoms with Gasteiger partial charge < -0.3 is 30.3 Å². The van der Waals surface area contributed by atoms with E-state index in [1.165, 1.54) is 19.2 Å². The van der Waals surface area contributed by atoms with Crippen molar-refractivity contribution in [2.24, 2.45) is 5.73 Å². The first-order chi connectivity index (χ1) is 17.5. The molecule has 1 atom stereocenters. The summed E-state index contributed by atoms with van der Waals surface area (Å²) in [5.41, 5.74) is 5.19. The highest BCUT2D eigenvalue weighted by molar-refractivity contribution is 5.98. The number of hydrogen-bond acceptors (Lipinski definition) is 8. The van der Waals surface area contributed by atoms with Gasteiger partial charge in [-0.05, 0) is 38.1 Å². The SMILES string of the molecule is CCNC(=O)O[C@H]1C[C@@H](NC(=O)c2nc(-c3ccc(OC)c4nc(C(F)(F)F)ccc34)oc2[C@H](C)N)C1. The molecule has 0 unspecified atom stereocenters. The second-order valence-corrected chi connectivity index (χ2v) is 8.63. The molecule has 0 aliphatic heterocycles. The molecule has 0 saturated heterocycles. The van der Waals surface area contributed by atoms with Gasteiger partial charge in [0.25, 0.3) is 5.91 Å². The van der Waals surface area contributed by atoms with E-state index in [1.54, 1.807) is 19.9 Å². The number of rotatable bonds is 7. The molecule has 37 heavy (non-hydrogen) atoms. The molecule has 0 radical (unpaired) electrons. The smallest absolute Gasteiger partial charge is 0.433 e. The van der Waals surface area contributed by atoms with Crippen LogP contribution in [-0.4, -0.2) is 47.8 Å². The highest BCUT2D eigenvalue weighted by atomic mass is 19.4. The summed E-state index contributed by atoms with van der Waals surface area (Å²) < 4.78 is 56.0. The van der Waals surface area contributed by atoms with Crippen molar-refractivity contribution in [3.8, 4) is 17.2 Å². The van der Waals surface area contributed by atoms with Crippen molar-refractivity contribution >= 4 is 22.9 Å². The average molecular weight is 521 g/mol. The fraction of sp³-hybridized carbons (Fsp3) is 0.417. The number of hydrogen-bond donors (Lipinski definition) is 3. The van der Waals surface area contributed by atoms with E-state index in [0.29, 0.717) is 30.3 Å². The van der Waals surface area contributed by atoms with Crippen LogP contribution < -0.4 is 21.1 Å². The van der Waals surface area contributed by atoms with Crippen molar-refractivity contribution in [1.29, 1.82) is 0 Å². The molecule has 1 fully saturated rings. The molecule has 10 nitrogen and oxygen atoms in total. The summed E-state index contributed by atoms with van der Waals surface area (Å²) in [7, 11) is 1.32. The van der Waals surface area contributed by atoms with Crippen molar-refractivity contribution in [3.63, 3.8) is 0 Å². The fourth-order valence-electron chi connectivity index (χ4n) is 3.99. The van der Waals surface area contributed by atoms with Gasteiger partial charge in [0.1, 0.15) is 23.1 Å². The summed E-state index contributed by atoms with van der Waals surface area (Å²) in [6.45, 7) is 3.84. The lowest BCUT2D eigenvalue weighted by molar-refractivity contribution is -0.140. The number of fused-ring (bicyclic) bond motifs is 1. The zero-order chi connectivity index (χ0) is 26.9. The van der Waals surface area contributed by atoms with E-state index >= 15 is 0 Å². The number of alkyl carbamates (subject to hydrolysis) is 1. The number of alkyl halides is 3. The van der Waals surface area contributed by atoms with Gasteiger partial charge in [-0.3, -0.25) is 4.79 Å². The number of nitrogens with two attached hydrogens (primary N) is 1. The molecule has 0 spiro atoms. The van der Waals surface area contributed by atoms with Gasteiger partial charge in [0, 0.05) is 36.4 Å². The maximum atomic E-state index is 13.2. The maximum absolute atomic E-state index is 13.2. The minimum absolute atomic E-state index is 0.00211. The van der Waals surface area contributed by atoms with Crippen LogP contribution in [0.2, 0.25) is 0 Å². The van der Waals surface area contributed by atoms with E-state index in [9.17, 15) is 22.8 Å². The number of aromatic nitrogens is 2. The van der Waals surface area contributed by atoms with Crippen molar-refractivity contribution in [2.75, 3.05) is 13.7 Å². The lowest BCUT2D eigenvalue weighted by Crippen LogP contribution is -2.49. The van der Waals surface area contributed by atoms with Crippen LogP contribution in [0.5, 0.6) is 5.75 Å². The number of amides is 2. The van der Waals surface area contributed by atoms with Crippen LogP contribution in [0.15, 0.2) is 28.7 Å². The van der Waals surface area contributed by atoms with Crippen LogP contribution >= 0.6 is 0 Å². The molecular formula is C24H26F3N5O5. The number of ether oxygens (including phenoxy) is 2. The average Bonchev–Trinajstić information content (AvgIpc) is 3.27. The predicted molar refractivity (Wildman–Crippen MR) is 126 cm³/mol. The number of nitrogens with zero attached hydrogens (tertiary/aromatic N) is 2. The molecule has 1 aliphatic carbocycles. The normalized spacial score (nSPS) is 18.1. The van der Waals surface area contributed by atoms with E-state index < -0.39 is 29.9 Å². The maximum Gasteiger partial charge on any atom is 0.433 e. The second kappa shape index (κ2) is 10.2. The topological polar surface area (TPSA) is 142 Å². The number of carbonyl (C=O) groups excluding carboxylic acids is 2. The van der Waals surface area contributed by atoms with Gasteiger partial charge in [-0.1, -0.05) is 0 Å². The molecule has 198 valence electrons. The summed E-state index contributed by atoms with van der Waals surface area (Å²) in [5.74, 6) is -0.279. The summed E-state index contributed by atoms with van der Waals surface area (Å²) in [4.78, 5) is 32.6. The Morgan fingerprint density at radius 2 is 1.95 bits per heavy atom. The van der Waals surface area contributed by atoms with E-state index in [0.717, 1.165) is 6.07 Å². The van der Waals surface area contributed by atoms with Crippen LogP contribution in [0.3, 0.4) is 0 Å². The standard InChI is InChI=1S/C24H26F3N5O5/c1-4-29-23(34)36-13-9-12(10-13)30-21(33)19-20(11(2)28)37-22(32-19)15-5-7-16(35-3)18-14(15)6-8-17(31-18)24(25,26)27/h5-8,11-13H,4,9-10,28H2,1-3H3,(H,29,34)(H,30,33)/t11-,12-,13+/m0/s1. The van der Waals surface area contributed by atoms with E-state index in [4.69, 9.17) is 19.6 Å². The summed E-state index contributed by atoms with van der Waals surface area (Å²) in [6, 6.07) is 4.18. The van der Waals surface area contributed by atoms with E-state index in [2.05, 4.69) is 20.6 Å². The molecule has 1 aromatic carbocycles. The predicted octanol–water partition coefficient (Wildman–Crippen LogP) is 3.94. The summed E-state index contributed by atoms with van der Waals surface area (Å²) >= 11 is 0. The first kappa shape index (κ1) is 26.2. The number of carbonyl (C=O) groups is 2. The molecule has 0 bridgehead atoms. The zero-order valence-corrected chi connectivity index (χ0v) is 20.3. The molecule has 13 heteroatoms. The molecule has 3 aromatic rings. The Balaban J connectivity index is 1.61. The minimum atomic E-state index is -4.64. The Morgan fingerprint density at radius 1 is 1.22 bits per heavy atom. The molecule has 4 rings (SSSR count). The van der Waals surface area contributed by atoms with Crippen molar-refractivity contribution in [1.82, 2.24) is 20.6 Å². The molecule has 2 amide bonds. The zero-order valence-electron chi connectivity index (χ0n) is 20.3. The van der Waals surface area contributed by atoms with Crippen LogP contribution in [0, 0.1) is 0 Å². The van der Waals surface area contributed by atoms with Crippen LogP contribution in [-0.2, 0) is 10.9 Å². The van der Waals surface area contributed by atoms with Crippen LogP contribution in [0.4, 0.5) is 18.0 Å². The molecular weight excluding hydrogens is 495 g/mol. The highest BCUT2D eigenvalue weighted by Crippen LogP contribution is 2.37. The first-order valence-corrected chi connectivity index (χ1v) is 11.6. The highest BCUT2D eigenvalue weighted by Gasteiger charge is 2.36. The molecule has 1 aliphatic rings. The number of pyridine rings is 1. The molecule has 2 heterocycles. The van der Waals surface area contributed by atoms with Gasteiger partial charge in [0.2, 0.25) is 5.89 Å². The number of methoxy groups -OCH3 is 1. The first-order valence-electron chi connectivity index (χ1n) is 11.6. The molecule has 4 N–H and O–H groups in total. The number of oxazole rings is 1. The van der Waals surface area contributed by atoms with Crippen molar-refractivity contribution < 1.29 is 36.7 Å². The third-order valence-corrected chi connectivity index (χ3v) is 5.87. The van der Waals surface area contributed by atoms with Crippen LogP contribution in [0.25, 0.3) is 22.4 Å². The number of benzene rings is 1. The summed E-state index contributed by atoms with van der Waals surface area (Å²) in [5, 5.41) is 5.66. The lowest BCUT2D eigenvalue weighted by Gasteiger charge is -2.34. The third-order valence-electron chi connectivity index (χ3n) is 5.87. The Labute approximate surface area is 209 Å². The van der Waals surface area contributed by atoms with Gasteiger partial charge in [0.15, 0.2) is 11.5 Å². The Hall–Kier alpha value is -3.87. The minimum Gasteiger partial charge on any atom is -0.494 e. The molecule has 1 saturated carbocycles. The Bertz CT molecular complexity index is 1320. The largest absolute Gasteiger partial charge is 0.494 e. The Kier molecular flexibility index (Phi) is 7.25. The van der Waals surface area contributed by atoms with E-state index in [-0.39, 0.29) is 40.8 Å².